The zero-order valence-electron chi connectivity index (χ0n) is 49.5. The summed E-state index contributed by atoms with van der Waals surface area (Å²) >= 11 is 0. The van der Waals surface area contributed by atoms with Crippen LogP contribution < -0.4 is 18.9 Å². The van der Waals surface area contributed by atoms with E-state index in [0.717, 1.165) is 59.7 Å². The number of ketones is 1. The molecule has 456 valence electrons. The second-order valence-electron chi connectivity index (χ2n) is 26.6. The van der Waals surface area contributed by atoms with Gasteiger partial charge in [0, 0.05) is 23.9 Å². The van der Waals surface area contributed by atoms with Gasteiger partial charge in [0.05, 0.1) is 63.8 Å². The molecular weight excluding hydrogens is 1070 g/mol. The minimum atomic E-state index is -1.99. The van der Waals surface area contributed by atoms with E-state index < -0.39 is 113 Å². The Kier molecular flexibility index (Phi) is 17.0. The van der Waals surface area contributed by atoms with Crippen LogP contribution in [0.15, 0.2) is 54.2 Å². The number of methoxy groups -OCH3 is 4. The predicted octanol–water partition coefficient (Wildman–Crippen LogP) is 6.77. The summed E-state index contributed by atoms with van der Waals surface area (Å²) in [6.07, 6.45) is -6.56. The number of rotatable bonds is 13. The highest BCUT2D eigenvalue weighted by Gasteiger charge is 2.71. The van der Waals surface area contributed by atoms with Crippen molar-refractivity contribution in [1.29, 1.82) is 0 Å². The molecule has 2 aromatic carbocycles. The molecular formula is C63H85NO19. The van der Waals surface area contributed by atoms with Gasteiger partial charge in [-0.2, -0.15) is 0 Å². The lowest BCUT2D eigenvalue weighted by atomic mass is 9.33. The maximum atomic E-state index is 14.9. The molecule has 1 saturated heterocycles. The van der Waals surface area contributed by atoms with Gasteiger partial charge < -0.3 is 74.0 Å². The molecule has 10 rings (SSSR count). The minimum Gasteiger partial charge on any atom is -0.493 e. The average molecular weight is 1160 g/mol. The van der Waals surface area contributed by atoms with Crippen LogP contribution >= 0.6 is 0 Å². The van der Waals surface area contributed by atoms with Crippen LogP contribution in [-0.2, 0) is 39.8 Å². The Bertz CT molecular complexity index is 3000. The number of benzene rings is 2. The van der Waals surface area contributed by atoms with E-state index in [2.05, 4.69) is 32.7 Å². The monoisotopic (exact) mass is 1160 g/mol. The number of hydrogen-bond acceptors (Lipinski definition) is 17. The zero-order chi connectivity index (χ0) is 60.7. The molecule has 83 heavy (non-hydrogen) atoms. The summed E-state index contributed by atoms with van der Waals surface area (Å²) in [6, 6.07) is 11.8. The number of pyridine rings is 1. The van der Waals surface area contributed by atoms with Gasteiger partial charge in [0.25, 0.3) is 0 Å². The molecule has 1 aromatic heterocycles. The van der Waals surface area contributed by atoms with Crippen molar-refractivity contribution in [2.75, 3.05) is 28.4 Å². The summed E-state index contributed by atoms with van der Waals surface area (Å²) < 4.78 is 39.9. The van der Waals surface area contributed by atoms with E-state index >= 15 is 0 Å². The first-order chi connectivity index (χ1) is 39.0. The molecule has 7 aliphatic rings. The van der Waals surface area contributed by atoms with Gasteiger partial charge in [-0.3, -0.25) is 19.4 Å². The molecule has 8 N–H and O–H groups in total. The van der Waals surface area contributed by atoms with Gasteiger partial charge in [-0.05, 0) is 157 Å². The highest BCUT2D eigenvalue weighted by atomic mass is 16.7. The second kappa shape index (κ2) is 22.8. The number of allylic oxidation sites excluding steroid dienone is 2. The van der Waals surface area contributed by atoms with Gasteiger partial charge in [0.15, 0.2) is 41.2 Å². The smallest absolute Gasteiger partial charge is 0.335 e. The van der Waals surface area contributed by atoms with Crippen molar-refractivity contribution in [2.45, 2.75) is 180 Å². The quantitative estimate of drug-likeness (QED) is 0.0819. The van der Waals surface area contributed by atoms with Crippen LogP contribution in [0.3, 0.4) is 0 Å². The number of aliphatic hydroxyl groups excluding tert-OH is 5. The third-order valence-electron chi connectivity index (χ3n) is 21.9. The lowest BCUT2D eigenvalue weighted by Crippen LogP contribution is -2.68. The van der Waals surface area contributed by atoms with E-state index in [1.165, 1.54) is 0 Å². The average Bonchev–Trinajstić information content (AvgIpc) is 0.769. The Hall–Kier alpha value is -5.45. The number of carbonyl (C=O) groups is 4. The van der Waals surface area contributed by atoms with Crippen molar-refractivity contribution >= 4 is 34.5 Å². The van der Waals surface area contributed by atoms with E-state index in [4.69, 9.17) is 33.2 Å². The van der Waals surface area contributed by atoms with Gasteiger partial charge in [-0.25, -0.2) is 4.79 Å². The molecule has 0 amide bonds. The molecule has 0 spiro atoms. The minimum absolute atomic E-state index is 0.0128. The summed E-state index contributed by atoms with van der Waals surface area (Å²) in [5.74, 6) is -2.86. The SMILES string of the molecule is CC1(C)[C@@H](O[C@H]2O[C@H](C(=O)O)[C@@H](O)[C@H](O)[C@H]2O[C@@H]2C[C@H](C(=O)O)[C@@H](O)[C@H](O)[C@H]2O)CC[C@]2(C)[C@H]3C(=O)C=C4[C@@H]5C[C@@](C)(C(=O)O)CC[C@]5(C)CC[C@@]4(C)[C@]3(C)CC[C@@H]12.COc1ccc(Cc2nccc3cc(OC)c(OC)cc23)cc1OC. The van der Waals surface area contributed by atoms with Crippen LogP contribution in [0.25, 0.3) is 10.8 Å². The molecule has 20 nitrogen and oxygen atoms in total. The van der Waals surface area contributed by atoms with Gasteiger partial charge >= 0.3 is 17.9 Å². The number of carbonyl (C=O) groups excluding carboxylic acids is 1. The van der Waals surface area contributed by atoms with Crippen LogP contribution in [0.2, 0.25) is 0 Å². The number of aliphatic carboxylic acids is 3. The van der Waals surface area contributed by atoms with E-state index in [-0.39, 0.29) is 34.4 Å². The number of aromatic nitrogens is 1. The lowest BCUT2D eigenvalue weighted by Gasteiger charge is -2.70. The number of nitrogens with zero attached hydrogens (tertiary/aromatic N) is 1. The molecule has 5 saturated carbocycles. The second-order valence-corrected chi connectivity index (χ2v) is 26.6. The first kappa shape index (κ1) is 62.1. The third-order valence-corrected chi connectivity index (χ3v) is 21.9. The number of fused-ring (bicyclic) bond motifs is 8. The normalized spacial score (nSPS) is 39.9. The van der Waals surface area contributed by atoms with Crippen LogP contribution in [-0.4, -0.2) is 159 Å². The molecule has 6 aliphatic carbocycles. The van der Waals surface area contributed by atoms with E-state index in [0.29, 0.717) is 55.1 Å². The standard InChI is InChI=1S/C43H64O15.C20H21NO4/c1-38(2)24-8-11-43(7)33(22(44)17-20-21-18-40(4,37(54)55)13-12-39(21,3)14-15-42(20,43)6)41(24,5)10-9-25(38)57-36-32(30(49)29(48)31(58-36)35(52)53)56-23-16-19(34(50)51)26(45)28(47)27(23)46;1-22-17-6-5-13(10-18(17)23-2)9-16-15-12-20(25-4)19(24-3)11-14(15)7-8-21-16/h17,19,21,23-33,36,45-49H,8-16,18H2,1-7H3,(H,50,51)(H,52,53)(H,54,55);5-8,10-12H,9H2,1-4H3/t19-,21-,23+,24-,25-,26+,27-,28-,29-,30-,31-,32+,33+,36-,39+,40-,41-,42+,43+;/m0./s1. The van der Waals surface area contributed by atoms with E-state index in [1.807, 2.05) is 69.4 Å². The molecule has 0 bridgehead atoms. The molecule has 6 fully saturated rings. The molecule has 3 aromatic rings. The molecule has 0 radical (unpaired) electrons. The Labute approximate surface area is 484 Å². The molecule has 1 aliphatic heterocycles. The number of carboxylic acid groups (broad SMARTS) is 3. The zero-order valence-corrected chi connectivity index (χ0v) is 49.5. The van der Waals surface area contributed by atoms with Gasteiger partial charge in [0.2, 0.25) is 0 Å². The summed E-state index contributed by atoms with van der Waals surface area (Å²) in [6.45, 7) is 14.9. The highest BCUT2D eigenvalue weighted by molar-refractivity contribution is 5.96. The van der Waals surface area contributed by atoms with Crippen molar-refractivity contribution in [3.8, 4) is 23.0 Å². The van der Waals surface area contributed by atoms with Crippen molar-refractivity contribution in [2.24, 2.45) is 56.2 Å². The Balaban J connectivity index is 0.000000275. The summed E-state index contributed by atoms with van der Waals surface area (Å²) in [7, 11) is 6.53. The van der Waals surface area contributed by atoms with Gasteiger partial charge in [-0.1, -0.05) is 53.2 Å². The highest BCUT2D eigenvalue weighted by Crippen LogP contribution is 2.75. The fourth-order valence-electron chi connectivity index (χ4n) is 16.7. The molecule has 2 heterocycles. The van der Waals surface area contributed by atoms with Crippen molar-refractivity contribution < 1.29 is 93.2 Å². The molecule has 19 atom stereocenters. The first-order valence-electron chi connectivity index (χ1n) is 29.0. The van der Waals surface area contributed by atoms with Crippen LogP contribution in [0.1, 0.15) is 124 Å². The van der Waals surface area contributed by atoms with Crippen LogP contribution in [0, 0.1) is 56.2 Å². The molecule has 0 unspecified atom stereocenters. The fraction of sp³-hybridized carbons (Fsp3) is 0.667. The fourth-order valence-corrected chi connectivity index (χ4v) is 16.7. The predicted molar refractivity (Wildman–Crippen MR) is 300 cm³/mol. The number of aliphatic hydroxyl groups is 5. The number of ether oxygens (including phenoxy) is 7. The third kappa shape index (κ3) is 10.5. The van der Waals surface area contributed by atoms with Gasteiger partial charge in [-0.15, -0.1) is 0 Å². The van der Waals surface area contributed by atoms with Gasteiger partial charge in [0.1, 0.15) is 30.5 Å². The van der Waals surface area contributed by atoms with Crippen molar-refractivity contribution in [3.63, 3.8) is 0 Å². The van der Waals surface area contributed by atoms with Crippen LogP contribution in [0.4, 0.5) is 0 Å². The van der Waals surface area contributed by atoms with Crippen LogP contribution in [0.5, 0.6) is 23.0 Å². The van der Waals surface area contributed by atoms with Crippen molar-refractivity contribution in [3.05, 3.63) is 65.5 Å². The Morgan fingerprint density at radius 1 is 0.687 bits per heavy atom. The summed E-state index contributed by atoms with van der Waals surface area (Å²) in [5.41, 5.74) is 0.346. The molecule has 20 heteroatoms. The summed E-state index contributed by atoms with van der Waals surface area (Å²) in [4.78, 5) is 56.0. The van der Waals surface area contributed by atoms with E-state index in [9.17, 15) is 60.0 Å². The first-order valence-corrected chi connectivity index (χ1v) is 29.0. The number of carboxylic acids is 3. The summed E-state index contributed by atoms with van der Waals surface area (Å²) in [5, 5.41) is 85.7. The van der Waals surface area contributed by atoms with E-state index in [1.54, 1.807) is 28.4 Å². The Morgan fingerprint density at radius 2 is 1.34 bits per heavy atom. The Morgan fingerprint density at radius 3 is 1.98 bits per heavy atom. The largest absolute Gasteiger partial charge is 0.493 e. The maximum absolute atomic E-state index is 14.9. The number of hydrogen-bond donors (Lipinski definition) is 8. The topological polar surface area (TPSA) is 308 Å². The van der Waals surface area contributed by atoms with Crippen molar-refractivity contribution in [1.82, 2.24) is 4.98 Å². The lowest BCUT2D eigenvalue weighted by molar-refractivity contribution is -0.341. The maximum Gasteiger partial charge on any atom is 0.335 e.